The van der Waals surface area contributed by atoms with Crippen molar-refractivity contribution in [2.45, 2.75) is 19.1 Å². The molecule has 0 amide bonds. The Kier molecular flexibility index (Phi) is 4.72. The summed E-state index contributed by atoms with van der Waals surface area (Å²) in [5.41, 5.74) is 3.45. The van der Waals surface area contributed by atoms with E-state index in [1.165, 1.54) is 14.2 Å². The van der Waals surface area contributed by atoms with Crippen LogP contribution in [0.3, 0.4) is 0 Å². The fraction of sp³-hybridized carbons (Fsp3) is 0.700. The Morgan fingerprint density at radius 1 is 1.38 bits per heavy atom. The van der Waals surface area contributed by atoms with Gasteiger partial charge in [-0.05, 0) is 13.3 Å². The lowest BCUT2D eigenvalue weighted by Crippen LogP contribution is -2.47. The number of oxime groups is 1. The van der Waals surface area contributed by atoms with Crippen LogP contribution in [-0.2, 0) is 19.1 Å². The first kappa shape index (κ1) is 13.0. The molecule has 0 radical (unpaired) electrons. The number of hydroxylamine groups is 1. The largest absolute Gasteiger partial charge is 0.399 e. The zero-order chi connectivity index (χ0) is 12.0. The van der Waals surface area contributed by atoms with Gasteiger partial charge in [0, 0.05) is 0 Å². The topological polar surface area (TPSA) is 61.3 Å². The molecule has 1 saturated heterocycles. The maximum Gasteiger partial charge on any atom is 0.214 e. The predicted molar refractivity (Wildman–Crippen MR) is 58.7 cm³/mol. The average Bonchev–Trinajstić information content (AvgIpc) is 2.27. The molecule has 0 aliphatic carbocycles. The molecule has 0 saturated carbocycles. The molecule has 92 valence electrons. The maximum absolute atomic E-state index is 5.56. The van der Waals surface area contributed by atoms with Crippen LogP contribution in [-0.4, -0.2) is 38.9 Å². The summed E-state index contributed by atoms with van der Waals surface area (Å²) in [6, 6.07) is 0. The highest BCUT2D eigenvalue weighted by atomic mass is 16.7. The zero-order valence-electron chi connectivity index (χ0n) is 9.91. The number of hydrogen-bond acceptors (Lipinski definition) is 6. The van der Waals surface area contributed by atoms with Crippen molar-refractivity contribution in [1.82, 2.24) is 5.48 Å². The fourth-order valence-electron chi connectivity index (χ4n) is 1.45. The molecule has 0 spiro atoms. The molecule has 0 unspecified atom stereocenters. The van der Waals surface area contributed by atoms with E-state index in [1.807, 2.05) is 0 Å². The van der Waals surface area contributed by atoms with E-state index in [0.717, 1.165) is 6.42 Å². The van der Waals surface area contributed by atoms with Crippen molar-refractivity contribution >= 4 is 5.71 Å². The Balaban J connectivity index is 2.83. The van der Waals surface area contributed by atoms with Crippen LogP contribution in [0.25, 0.3) is 0 Å². The van der Waals surface area contributed by atoms with Gasteiger partial charge >= 0.3 is 0 Å². The summed E-state index contributed by atoms with van der Waals surface area (Å²) >= 11 is 0. The smallest absolute Gasteiger partial charge is 0.214 e. The Morgan fingerprint density at radius 3 is 2.50 bits per heavy atom. The molecule has 16 heavy (non-hydrogen) atoms. The number of rotatable bonds is 5. The molecule has 0 atom stereocenters. The summed E-state index contributed by atoms with van der Waals surface area (Å²) in [6.07, 6.45) is 0.861. The minimum absolute atomic E-state index is 0.427. The quantitative estimate of drug-likeness (QED) is 0.559. The van der Waals surface area contributed by atoms with E-state index >= 15 is 0 Å². The van der Waals surface area contributed by atoms with Crippen LogP contribution in [0.15, 0.2) is 17.4 Å². The summed E-state index contributed by atoms with van der Waals surface area (Å²) in [7, 11) is 2.94. The van der Waals surface area contributed by atoms with E-state index < -0.39 is 5.79 Å². The second kappa shape index (κ2) is 5.83. The summed E-state index contributed by atoms with van der Waals surface area (Å²) in [4.78, 5) is 9.53. The minimum atomic E-state index is -0.948. The molecule has 0 bridgehead atoms. The summed E-state index contributed by atoms with van der Waals surface area (Å²) in [5.74, 6) is -0.948. The molecule has 0 aromatic carbocycles. The van der Waals surface area contributed by atoms with Crippen molar-refractivity contribution in [2.24, 2.45) is 5.16 Å². The monoisotopic (exact) mass is 230 g/mol. The van der Waals surface area contributed by atoms with Gasteiger partial charge in [0.2, 0.25) is 5.79 Å². The van der Waals surface area contributed by atoms with Gasteiger partial charge in [-0.3, -0.25) is 10.3 Å². The van der Waals surface area contributed by atoms with Crippen molar-refractivity contribution in [3.05, 3.63) is 12.3 Å². The molecule has 6 heteroatoms. The molecule has 1 aliphatic rings. The van der Waals surface area contributed by atoms with Gasteiger partial charge in [0.25, 0.3) is 0 Å². The lowest BCUT2D eigenvalue weighted by Gasteiger charge is -2.34. The first-order valence-electron chi connectivity index (χ1n) is 5.02. The fourth-order valence-corrected chi connectivity index (χ4v) is 1.45. The molecule has 1 rings (SSSR count). The number of ether oxygens (including phenoxy) is 2. The standard InChI is InChI=1S/C10H18N2O4/c1-8(11-13-3)9(12-14-4)10(2)15-6-5-7-16-10/h11H,1,5-7H2,2-4H3. The summed E-state index contributed by atoms with van der Waals surface area (Å²) in [5, 5.41) is 3.86. The normalized spacial score (nSPS) is 20.3. The third kappa shape index (κ3) is 2.94. The van der Waals surface area contributed by atoms with E-state index in [4.69, 9.17) is 19.1 Å². The highest BCUT2D eigenvalue weighted by Gasteiger charge is 2.37. The van der Waals surface area contributed by atoms with Crippen molar-refractivity contribution < 1.29 is 19.1 Å². The third-order valence-electron chi connectivity index (χ3n) is 2.17. The van der Waals surface area contributed by atoms with Gasteiger partial charge in [-0.2, -0.15) is 0 Å². The summed E-state index contributed by atoms with van der Waals surface area (Å²) < 4.78 is 11.1. The van der Waals surface area contributed by atoms with E-state index in [9.17, 15) is 0 Å². The molecule has 1 N–H and O–H groups in total. The predicted octanol–water partition coefficient (Wildman–Crippen LogP) is 0.807. The highest BCUT2D eigenvalue weighted by molar-refractivity contribution is 6.03. The van der Waals surface area contributed by atoms with Gasteiger partial charge in [0.15, 0.2) is 5.71 Å². The number of nitrogens with one attached hydrogen (secondary N) is 1. The first-order valence-corrected chi connectivity index (χ1v) is 5.02. The molecule has 0 aromatic heterocycles. The molecular weight excluding hydrogens is 212 g/mol. The second-order valence-corrected chi connectivity index (χ2v) is 3.40. The Morgan fingerprint density at radius 2 is 2.00 bits per heavy atom. The molecule has 1 aliphatic heterocycles. The SMILES string of the molecule is C=C(NOC)C(=NOC)C1(C)OCCCO1. The van der Waals surface area contributed by atoms with Gasteiger partial charge in [-0.25, -0.2) is 0 Å². The molecular formula is C10H18N2O4. The van der Waals surface area contributed by atoms with Crippen molar-refractivity contribution in [3.8, 4) is 0 Å². The van der Waals surface area contributed by atoms with E-state index in [1.54, 1.807) is 6.92 Å². The maximum atomic E-state index is 5.56. The van der Waals surface area contributed by atoms with Crippen LogP contribution in [0.2, 0.25) is 0 Å². The zero-order valence-corrected chi connectivity index (χ0v) is 9.91. The first-order chi connectivity index (χ1) is 7.64. The Hall–Kier alpha value is -1.11. The number of hydrogen-bond donors (Lipinski definition) is 1. The molecule has 1 heterocycles. The molecule has 1 fully saturated rings. The number of nitrogens with zero attached hydrogens (tertiary/aromatic N) is 1. The van der Waals surface area contributed by atoms with Gasteiger partial charge in [0.05, 0.1) is 26.0 Å². The summed E-state index contributed by atoms with van der Waals surface area (Å²) in [6.45, 7) is 6.77. The van der Waals surface area contributed by atoms with Gasteiger partial charge < -0.3 is 14.3 Å². The minimum Gasteiger partial charge on any atom is -0.399 e. The van der Waals surface area contributed by atoms with Crippen LogP contribution in [0.5, 0.6) is 0 Å². The van der Waals surface area contributed by atoms with Crippen molar-refractivity contribution in [2.75, 3.05) is 27.4 Å². The average molecular weight is 230 g/mol. The van der Waals surface area contributed by atoms with Crippen molar-refractivity contribution in [3.63, 3.8) is 0 Å². The van der Waals surface area contributed by atoms with E-state index in [0.29, 0.717) is 24.6 Å². The van der Waals surface area contributed by atoms with Crippen LogP contribution in [0.4, 0.5) is 0 Å². The lowest BCUT2D eigenvalue weighted by molar-refractivity contribution is -0.211. The Labute approximate surface area is 95.1 Å². The third-order valence-corrected chi connectivity index (χ3v) is 2.17. The van der Waals surface area contributed by atoms with Crippen molar-refractivity contribution in [1.29, 1.82) is 0 Å². The van der Waals surface area contributed by atoms with Gasteiger partial charge in [-0.15, -0.1) is 0 Å². The van der Waals surface area contributed by atoms with E-state index in [-0.39, 0.29) is 0 Å². The van der Waals surface area contributed by atoms with E-state index in [2.05, 4.69) is 17.2 Å². The Bertz CT molecular complexity index is 272. The molecule has 6 nitrogen and oxygen atoms in total. The van der Waals surface area contributed by atoms with Gasteiger partial charge in [0.1, 0.15) is 7.11 Å². The molecule has 0 aromatic rings. The second-order valence-electron chi connectivity index (χ2n) is 3.40. The van der Waals surface area contributed by atoms with Gasteiger partial charge in [-0.1, -0.05) is 11.7 Å². The van der Waals surface area contributed by atoms with Crippen LogP contribution in [0, 0.1) is 0 Å². The van der Waals surface area contributed by atoms with Crippen LogP contribution >= 0.6 is 0 Å². The highest BCUT2D eigenvalue weighted by Crippen LogP contribution is 2.23. The van der Waals surface area contributed by atoms with Crippen LogP contribution < -0.4 is 5.48 Å². The van der Waals surface area contributed by atoms with Crippen LogP contribution in [0.1, 0.15) is 13.3 Å². The lowest BCUT2D eigenvalue weighted by atomic mass is 10.1.